The molecule has 3 aromatic heterocycles. The van der Waals surface area contributed by atoms with Gasteiger partial charge < -0.3 is 10.6 Å². The van der Waals surface area contributed by atoms with E-state index in [1.165, 1.54) is 22.2 Å². The van der Waals surface area contributed by atoms with Crippen LogP contribution in [0.4, 0.5) is 21.8 Å². The minimum absolute atomic E-state index is 0.225. The zero-order valence-corrected chi connectivity index (χ0v) is 13.6. The van der Waals surface area contributed by atoms with Crippen LogP contribution < -0.4 is 10.6 Å². The molecule has 0 fully saturated rings. The SMILES string of the molecule is CN(C)c1nc(N)c(/N=N/c2c(C#N)cnn2-c2ncccn2)s1. The highest BCUT2D eigenvalue weighted by Gasteiger charge is 2.15. The Bertz CT molecular complexity index is 918. The molecule has 11 heteroatoms. The van der Waals surface area contributed by atoms with Gasteiger partial charge in [0.1, 0.15) is 11.6 Å². The summed E-state index contributed by atoms with van der Waals surface area (Å²) in [6.45, 7) is 0. The molecule has 0 aliphatic heterocycles. The molecule has 0 aliphatic carbocycles. The second-order valence-electron chi connectivity index (χ2n) is 4.74. The van der Waals surface area contributed by atoms with Gasteiger partial charge in [0.2, 0.25) is 0 Å². The van der Waals surface area contributed by atoms with Gasteiger partial charge in [-0.3, -0.25) is 0 Å². The summed E-state index contributed by atoms with van der Waals surface area (Å²) in [5, 5.41) is 22.7. The molecule has 0 saturated heterocycles. The Morgan fingerprint density at radius 1 is 1.29 bits per heavy atom. The van der Waals surface area contributed by atoms with Gasteiger partial charge in [-0.1, -0.05) is 11.3 Å². The maximum atomic E-state index is 9.22. The molecule has 0 bridgehead atoms. The maximum Gasteiger partial charge on any atom is 0.252 e. The van der Waals surface area contributed by atoms with Crippen molar-refractivity contribution in [2.75, 3.05) is 24.7 Å². The second kappa shape index (κ2) is 6.39. The van der Waals surface area contributed by atoms with E-state index in [0.29, 0.717) is 16.1 Å². The predicted octanol–water partition coefficient (Wildman–Crippen LogP) is 2.05. The first-order valence-electron chi connectivity index (χ1n) is 6.71. The Hall–Kier alpha value is -3.39. The molecule has 120 valence electrons. The van der Waals surface area contributed by atoms with Gasteiger partial charge in [0, 0.05) is 26.5 Å². The minimum atomic E-state index is 0.225. The van der Waals surface area contributed by atoms with Gasteiger partial charge >= 0.3 is 0 Å². The normalized spacial score (nSPS) is 10.9. The first kappa shape index (κ1) is 15.5. The largest absolute Gasteiger partial charge is 0.381 e. The molecule has 0 amide bonds. The number of rotatable bonds is 4. The molecule has 0 saturated carbocycles. The van der Waals surface area contributed by atoms with Crippen LogP contribution in [0.3, 0.4) is 0 Å². The summed E-state index contributed by atoms with van der Waals surface area (Å²) in [6.07, 6.45) is 4.52. The van der Waals surface area contributed by atoms with Crippen LogP contribution in [0, 0.1) is 11.3 Å². The lowest BCUT2D eigenvalue weighted by Crippen LogP contribution is -2.07. The number of anilines is 2. The van der Waals surface area contributed by atoms with E-state index in [1.54, 1.807) is 18.5 Å². The third kappa shape index (κ3) is 2.90. The molecule has 3 heterocycles. The van der Waals surface area contributed by atoms with Gasteiger partial charge in [0.05, 0.1) is 6.20 Å². The highest BCUT2D eigenvalue weighted by atomic mass is 32.1. The van der Waals surface area contributed by atoms with Crippen molar-refractivity contribution in [3.8, 4) is 12.0 Å². The second-order valence-corrected chi connectivity index (χ2v) is 5.69. The summed E-state index contributed by atoms with van der Waals surface area (Å²) in [7, 11) is 3.71. The molecule has 0 atom stereocenters. The molecule has 0 aromatic carbocycles. The third-order valence-corrected chi connectivity index (χ3v) is 3.97. The zero-order valence-electron chi connectivity index (χ0n) is 12.8. The summed E-state index contributed by atoms with van der Waals surface area (Å²) >= 11 is 1.29. The Balaban J connectivity index is 2.01. The van der Waals surface area contributed by atoms with E-state index in [9.17, 15) is 5.26 Å². The highest BCUT2D eigenvalue weighted by molar-refractivity contribution is 7.19. The van der Waals surface area contributed by atoms with E-state index >= 15 is 0 Å². The Morgan fingerprint density at radius 2 is 2.04 bits per heavy atom. The van der Waals surface area contributed by atoms with Crippen molar-refractivity contribution in [3.05, 3.63) is 30.2 Å². The number of nitrogens with zero attached hydrogens (tertiary/aromatic N) is 9. The van der Waals surface area contributed by atoms with Crippen LogP contribution in [0.1, 0.15) is 5.56 Å². The molecule has 3 rings (SSSR count). The number of nitrogens with two attached hydrogens (primary N) is 1. The van der Waals surface area contributed by atoms with Crippen LogP contribution >= 0.6 is 11.3 Å². The van der Waals surface area contributed by atoms with E-state index in [0.717, 1.165) is 0 Å². The van der Waals surface area contributed by atoms with Crippen LogP contribution in [0.15, 0.2) is 34.9 Å². The van der Waals surface area contributed by atoms with Crippen LogP contribution in [0.25, 0.3) is 5.95 Å². The summed E-state index contributed by atoms with van der Waals surface area (Å²) in [5.74, 6) is 0.787. The average Bonchev–Trinajstić information content (AvgIpc) is 3.17. The molecule has 10 nitrogen and oxygen atoms in total. The summed E-state index contributed by atoms with van der Waals surface area (Å²) in [4.78, 5) is 14.2. The first-order valence-corrected chi connectivity index (χ1v) is 7.52. The van der Waals surface area contributed by atoms with Crippen molar-refractivity contribution in [3.63, 3.8) is 0 Å². The number of aromatic nitrogens is 5. The number of hydrogen-bond acceptors (Lipinski definition) is 10. The maximum absolute atomic E-state index is 9.22. The van der Waals surface area contributed by atoms with Crippen LogP contribution in [-0.2, 0) is 0 Å². The van der Waals surface area contributed by atoms with Crippen LogP contribution in [0.5, 0.6) is 0 Å². The number of thiazole rings is 1. The molecule has 0 spiro atoms. The molecule has 0 unspecified atom stereocenters. The molecular formula is C13H12N10S. The van der Waals surface area contributed by atoms with Crippen molar-refractivity contribution >= 4 is 33.1 Å². The summed E-state index contributed by atoms with van der Waals surface area (Å²) in [6, 6.07) is 3.70. The molecule has 0 aliphatic rings. The quantitative estimate of drug-likeness (QED) is 0.718. The standard InChI is InChI=1S/C13H12N10S/c1-22(2)13-19-9(15)11(24-13)21-20-10-8(6-14)7-18-23(10)12-16-4-3-5-17-12/h3-5,7H,15H2,1-2H3/b21-20+. The molecular weight excluding hydrogens is 328 g/mol. The fraction of sp³-hybridized carbons (Fsp3) is 0.154. The van der Waals surface area contributed by atoms with Crippen molar-refractivity contribution < 1.29 is 0 Å². The zero-order chi connectivity index (χ0) is 17.1. The summed E-state index contributed by atoms with van der Waals surface area (Å²) < 4.78 is 1.34. The summed E-state index contributed by atoms with van der Waals surface area (Å²) in [5.41, 5.74) is 6.10. The van der Waals surface area contributed by atoms with Gasteiger partial charge in [-0.25, -0.2) is 15.0 Å². The van der Waals surface area contributed by atoms with Gasteiger partial charge in [-0.15, -0.1) is 10.2 Å². The topological polar surface area (TPSA) is 134 Å². The number of nitrogen functional groups attached to an aromatic ring is 1. The Labute approximate surface area is 140 Å². The van der Waals surface area contributed by atoms with Crippen LogP contribution in [-0.4, -0.2) is 38.8 Å². The fourth-order valence-corrected chi connectivity index (χ4v) is 2.46. The van der Waals surface area contributed by atoms with Crippen molar-refractivity contribution in [2.24, 2.45) is 10.2 Å². The molecule has 3 aromatic rings. The first-order chi connectivity index (χ1) is 11.6. The predicted molar refractivity (Wildman–Crippen MR) is 88.9 cm³/mol. The van der Waals surface area contributed by atoms with E-state index in [4.69, 9.17) is 5.73 Å². The highest BCUT2D eigenvalue weighted by Crippen LogP contribution is 2.36. The van der Waals surface area contributed by atoms with Gasteiger partial charge in [-0.2, -0.15) is 15.0 Å². The van der Waals surface area contributed by atoms with Crippen molar-refractivity contribution in [2.45, 2.75) is 0 Å². The number of azo groups is 1. The van der Waals surface area contributed by atoms with Gasteiger partial charge in [-0.05, 0) is 6.07 Å². The minimum Gasteiger partial charge on any atom is -0.381 e. The van der Waals surface area contributed by atoms with Crippen LogP contribution in [0.2, 0.25) is 0 Å². The van der Waals surface area contributed by atoms with E-state index < -0.39 is 0 Å². The molecule has 2 N–H and O–H groups in total. The van der Waals surface area contributed by atoms with Gasteiger partial charge in [0.25, 0.3) is 5.95 Å². The van der Waals surface area contributed by atoms with E-state index in [-0.39, 0.29) is 17.2 Å². The van der Waals surface area contributed by atoms with E-state index in [1.807, 2.05) is 25.1 Å². The lowest BCUT2D eigenvalue weighted by Gasteiger charge is -2.04. The third-order valence-electron chi connectivity index (χ3n) is 2.85. The number of hydrogen-bond donors (Lipinski definition) is 1. The smallest absolute Gasteiger partial charge is 0.252 e. The van der Waals surface area contributed by atoms with Crippen molar-refractivity contribution in [1.82, 2.24) is 24.7 Å². The Morgan fingerprint density at radius 3 is 2.67 bits per heavy atom. The molecule has 0 radical (unpaired) electrons. The lowest BCUT2D eigenvalue weighted by atomic mass is 10.4. The van der Waals surface area contributed by atoms with E-state index in [2.05, 4.69) is 30.3 Å². The fourth-order valence-electron chi connectivity index (χ4n) is 1.73. The van der Waals surface area contributed by atoms with Gasteiger partial charge in [0.15, 0.2) is 21.8 Å². The van der Waals surface area contributed by atoms with Crippen molar-refractivity contribution in [1.29, 1.82) is 5.26 Å². The molecule has 24 heavy (non-hydrogen) atoms. The Kier molecular flexibility index (Phi) is 4.13. The monoisotopic (exact) mass is 340 g/mol. The average molecular weight is 340 g/mol. The number of nitriles is 1. The lowest BCUT2D eigenvalue weighted by molar-refractivity contribution is 0.803.